The van der Waals surface area contributed by atoms with Gasteiger partial charge in [-0.2, -0.15) is 0 Å². The number of rotatable bonds is 0. The first-order valence-electron chi connectivity index (χ1n) is 5.58. The van der Waals surface area contributed by atoms with Crippen molar-refractivity contribution in [3.05, 3.63) is 28.8 Å². The molecular formula is C13H17NO2S. The predicted molar refractivity (Wildman–Crippen MR) is 68.4 cm³/mol. The smallest absolute Gasteiger partial charge is 0.267 e. The highest BCUT2D eigenvalue weighted by Gasteiger charge is 2.34. The highest BCUT2D eigenvalue weighted by molar-refractivity contribution is 7.83. The van der Waals surface area contributed by atoms with E-state index in [-0.39, 0.29) is 11.3 Å². The van der Waals surface area contributed by atoms with Crippen molar-refractivity contribution in [2.75, 3.05) is 7.05 Å². The predicted octanol–water partition coefficient (Wildman–Crippen LogP) is 2.40. The molecule has 3 nitrogen and oxygen atoms in total. The number of amides is 1. The lowest BCUT2D eigenvalue weighted by Gasteiger charge is -2.20. The van der Waals surface area contributed by atoms with Crippen LogP contribution in [0.2, 0.25) is 0 Å². The molecule has 0 aromatic heterocycles. The first-order valence-corrected chi connectivity index (χ1v) is 6.69. The number of hydrogen-bond donors (Lipinski definition) is 0. The Hall–Kier alpha value is -1.16. The van der Waals surface area contributed by atoms with Crippen molar-refractivity contribution in [1.82, 2.24) is 4.31 Å². The quantitative estimate of drug-likeness (QED) is 0.710. The zero-order valence-corrected chi connectivity index (χ0v) is 11.6. The number of carbonyl (C=O) groups is 1. The molecule has 1 aliphatic rings. The van der Waals surface area contributed by atoms with Crippen LogP contribution >= 0.6 is 0 Å². The van der Waals surface area contributed by atoms with Gasteiger partial charge in [0.25, 0.3) is 5.91 Å². The lowest BCUT2D eigenvalue weighted by molar-refractivity contribution is 0.0894. The number of nitrogens with zero attached hydrogens (tertiary/aromatic N) is 1. The highest BCUT2D eigenvalue weighted by atomic mass is 32.2. The van der Waals surface area contributed by atoms with Crippen LogP contribution in [0.4, 0.5) is 0 Å². The van der Waals surface area contributed by atoms with Gasteiger partial charge in [-0.1, -0.05) is 26.8 Å². The van der Waals surface area contributed by atoms with Gasteiger partial charge in [0.05, 0.1) is 10.5 Å². The molecule has 2 rings (SSSR count). The van der Waals surface area contributed by atoms with Gasteiger partial charge in [0.15, 0.2) is 11.0 Å². The van der Waals surface area contributed by atoms with Gasteiger partial charge >= 0.3 is 0 Å². The van der Waals surface area contributed by atoms with Crippen molar-refractivity contribution in [3.8, 4) is 0 Å². The molecule has 17 heavy (non-hydrogen) atoms. The molecule has 0 radical (unpaired) electrons. The van der Waals surface area contributed by atoms with Gasteiger partial charge in [-0.25, -0.2) is 4.21 Å². The normalized spacial score (nSPS) is 19.7. The molecule has 0 saturated heterocycles. The zero-order chi connectivity index (χ0) is 13.0. The molecule has 1 unspecified atom stereocenters. The fourth-order valence-corrected chi connectivity index (χ4v) is 3.17. The van der Waals surface area contributed by atoms with Crippen molar-refractivity contribution in [3.63, 3.8) is 0 Å². The van der Waals surface area contributed by atoms with E-state index in [0.717, 1.165) is 11.1 Å². The molecule has 0 bridgehead atoms. The molecule has 0 fully saturated rings. The molecule has 0 spiro atoms. The van der Waals surface area contributed by atoms with Crippen LogP contribution in [-0.2, 0) is 16.4 Å². The number of aryl methyl sites for hydroxylation is 1. The first kappa shape index (κ1) is 12.3. The summed E-state index contributed by atoms with van der Waals surface area (Å²) in [5, 5.41) is 0. The van der Waals surface area contributed by atoms with Crippen LogP contribution in [0.25, 0.3) is 0 Å². The Morgan fingerprint density at radius 2 is 1.82 bits per heavy atom. The summed E-state index contributed by atoms with van der Waals surface area (Å²) in [6.45, 7) is 8.23. The standard InChI is InChI=1S/C13H17NO2S/c1-8-6-9(13(2,3)4)7-10-11(8)12(15)14(5)17(10)16/h6-7H,1-5H3. The van der Waals surface area contributed by atoms with Crippen LogP contribution in [-0.4, -0.2) is 21.5 Å². The highest BCUT2D eigenvalue weighted by Crippen LogP contribution is 2.33. The molecule has 1 aromatic carbocycles. The van der Waals surface area contributed by atoms with Crippen LogP contribution in [0.15, 0.2) is 17.0 Å². The van der Waals surface area contributed by atoms with E-state index < -0.39 is 11.0 Å². The minimum atomic E-state index is -1.34. The minimum Gasteiger partial charge on any atom is -0.268 e. The zero-order valence-electron chi connectivity index (χ0n) is 10.8. The van der Waals surface area contributed by atoms with Crippen LogP contribution in [0.5, 0.6) is 0 Å². The fraction of sp³-hybridized carbons (Fsp3) is 0.462. The summed E-state index contributed by atoms with van der Waals surface area (Å²) < 4.78 is 13.4. The molecule has 0 saturated carbocycles. The van der Waals surface area contributed by atoms with E-state index in [1.807, 2.05) is 19.1 Å². The second kappa shape index (κ2) is 3.67. The van der Waals surface area contributed by atoms with Gasteiger partial charge in [-0.05, 0) is 29.5 Å². The van der Waals surface area contributed by atoms with Crippen LogP contribution in [0, 0.1) is 6.92 Å². The van der Waals surface area contributed by atoms with E-state index >= 15 is 0 Å². The summed E-state index contributed by atoms with van der Waals surface area (Å²) in [7, 11) is 0.234. The minimum absolute atomic E-state index is 0.00575. The maximum absolute atomic E-state index is 12.1. The second-order valence-corrected chi connectivity index (χ2v) is 6.95. The van der Waals surface area contributed by atoms with Crippen molar-refractivity contribution in [2.24, 2.45) is 0 Å². The van der Waals surface area contributed by atoms with Crippen LogP contribution < -0.4 is 0 Å². The molecule has 92 valence electrons. The summed E-state index contributed by atoms with van der Waals surface area (Å²) in [5.74, 6) is -0.142. The van der Waals surface area contributed by atoms with Crippen molar-refractivity contribution in [2.45, 2.75) is 38.0 Å². The van der Waals surface area contributed by atoms with E-state index in [9.17, 15) is 9.00 Å². The Morgan fingerprint density at radius 1 is 1.24 bits per heavy atom. The molecule has 0 aliphatic carbocycles. The van der Waals surface area contributed by atoms with Gasteiger partial charge < -0.3 is 0 Å². The van der Waals surface area contributed by atoms with Gasteiger partial charge in [-0.15, -0.1) is 0 Å². The van der Waals surface area contributed by atoms with Crippen LogP contribution in [0.1, 0.15) is 42.3 Å². The molecule has 1 aliphatic heterocycles. The summed E-state index contributed by atoms with van der Waals surface area (Å²) >= 11 is 0. The monoisotopic (exact) mass is 251 g/mol. The average Bonchev–Trinajstić information content (AvgIpc) is 2.43. The summed E-state index contributed by atoms with van der Waals surface area (Å²) in [6, 6.07) is 3.92. The Labute approximate surface area is 104 Å². The second-order valence-electron chi connectivity index (χ2n) is 5.47. The molecule has 1 atom stereocenters. The average molecular weight is 251 g/mol. The topological polar surface area (TPSA) is 37.4 Å². The summed E-state index contributed by atoms with van der Waals surface area (Å²) in [6.07, 6.45) is 0. The Morgan fingerprint density at radius 3 is 2.35 bits per heavy atom. The molecule has 0 N–H and O–H groups in total. The number of fused-ring (bicyclic) bond motifs is 1. The van der Waals surface area contributed by atoms with Crippen molar-refractivity contribution in [1.29, 1.82) is 0 Å². The number of hydrogen-bond acceptors (Lipinski definition) is 2. The maximum Gasteiger partial charge on any atom is 0.267 e. The van der Waals surface area contributed by atoms with Crippen molar-refractivity contribution < 1.29 is 9.00 Å². The molecule has 1 aromatic rings. The third kappa shape index (κ3) is 1.80. The lowest BCUT2D eigenvalue weighted by Crippen LogP contribution is -2.20. The van der Waals surface area contributed by atoms with Gasteiger partial charge in [0, 0.05) is 7.05 Å². The van der Waals surface area contributed by atoms with Crippen molar-refractivity contribution >= 4 is 16.9 Å². The third-order valence-corrected chi connectivity index (χ3v) is 4.46. The van der Waals surface area contributed by atoms with Crippen LogP contribution in [0.3, 0.4) is 0 Å². The van der Waals surface area contributed by atoms with E-state index in [1.54, 1.807) is 7.05 Å². The van der Waals surface area contributed by atoms with E-state index in [4.69, 9.17) is 0 Å². The summed E-state index contributed by atoms with van der Waals surface area (Å²) in [4.78, 5) is 12.6. The largest absolute Gasteiger partial charge is 0.268 e. The van der Waals surface area contributed by atoms with E-state index in [1.165, 1.54) is 4.31 Å². The van der Waals surface area contributed by atoms with Gasteiger partial charge in [0.2, 0.25) is 0 Å². The summed E-state index contributed by atoms with van der Waals surface area (Å²) in [5.41, 5.74) is 2.63. The first-order chi connectivity index (χ1) is 7.73. The molecule has 4 heteroatoms. The molecular weight excluding hydrogens is 234 g/mol. The Kier molecular flexibility index (Phi) is 2.65. The lowest BCUT2D eigenvalue weighted by atomic mass is 9.85. The molecule has 1 amide bonds. The Balaban J connectivity index is 2.69. The molecule has 1 heterocycles. The fourth-order valence-electron chi connectivity index (χ4n) is 1.98. The number of carbonyl (C=O) groups excluding carboxylic acids is 1. The van der Waals surface area contributed by atoms with Gasteiger partial charge in [-0.3, -0.25) is 9.10 Å². The van der Waals surface area contributed by atoms with E-state index in [0.29, 0.717) is 10.5 Å². The van der Waals surface area contributed by atoms with Gasteiger partial charge in [0.1, 0.15) is 0 Å². The SMILES string of the molecule is Cc1cc(C(C)(C)C)cc2c1C(=O)N(C)S2=O. The number of benzene rings is 1. The Bertz CT molecular complexity index is 529. The van der Waals surface area contributed by atoms with E-state index in [2.05, 4.69) is 20.8 Å². The third-order valence-electron chi connectivity index (χ3n) is 3.10. The maximum atomic E-state index is 12.1.